The zero-order valence-corrected chi connectivity index (χ0v) is 14.1. The molecule has 7 heteroatoms. The second-order valence-electron chi connectivity index (χ2n) is 5.80. The van der Waals surface area contributed by atoms with E-state index in [4.69, 9.17) is 16.0 Å². The summed E-state index contributed by atoms with van der Waals surface area (Å²) in [6, 6.07) is 16.8. The number of hydrogen-bond acceptors (Lipinski definition) is 4. The summed E-state index contributed by atoms with van der Waals surface area (Å²) < 4.78 is 8.60. The molecule has 2 aromatic carbocycles. The van der Waals surface area contributed by atoms with Crippen LogP contribution < -0.4 is 5.56 Å². The molecule has 0 spiro atoms. The third kappa shape index (κ3) is 2.23. The summed E-state index contributed by atoms with van der Waals surface area (Å²) in [7, 11) is 0. The van der Waals surface area contributed by atoms with Crippen LogP contribution >= 0.6 is 11.6 Å². The van der Waals surface area contributed by atoms with Crippen LogP contribution in [0, 0.1) is 0 Å². The normalized spacial score (nSPS) is 11.4. The number of para-hydroxylation sites is 1. The van der Waals surface area contributed by atoms with Crippen LogP contribution in [0.4, 0.5) is 0 Å². The van der Waals surface area contributed by atoms with Crippen LogP contribution in [0.5, 0.6) is 0 Å². The molecule has 0 radical (unpaired) electrons. The number of hydrogen-bond donors (Lipinski definition) is 0. The van der Waals surface area contributed by atoms with Crippen molar-refractivity contribution in [3.8, 4) is 17.1 Å². The average Bonchev–Trinajstić information content (AvgIpc) is 3.28. The van der Waals surface area contributed by atoms with E-state index >= 15 is 0 Å². The summed E-state index contributed by atoms with van der Waals surface area (Å²) in [4.78, 5) is 17.2. The highest BCUT2D eigenvalue weighted by molar-refractivity contribution is 6.30. The van der Waals surface area contributed by atoms with Crippen LogP contribution in [0.1, 0.15) is 0 Å². The van der Waals surface area contributed by atoms with Gasteiger partial charge in [0.1, 0.15) is 5.69 Å². The number of nitrogens with zero attached hydrogens (tertiary/aromatic N) is 4. The SMILES string of the molecule is O=c1c(-n2ccc3ccccc32)cnc2oc(-c3ccc(Cl)cc3)nn12. The van der Waals surface area contributed by atoms with Gasteiger partial charge < -0.3 is 8.98 Å². The lowest BCUT2D eigenvalue weighted by molar-refractivity contribution is 0.601. The first kappa shape index (κ1) is 14.9. The number of benzene rings is 2. The summed E-state index contributed by atoms with van der Waals surface area (Å²) in [6.45, 7) is 0. The van der Waals surface area contributed by atoms with Crippen molar-refractivity contribution in [2.45, 2.75) is 0 Å². The molecule has 3 heterocycles. The van der Waals surface area contributed by atoms with E-state index in [0.29, 0.717) is 22.2 Å². The maximum Gasteiger partial charge on any atom is 0.328 e. The first-order valence-electron chi connectivity index (χ1n) is 7.92. The Balaban J connectivity index is 1.70. The number of rotatable bonds is 2. The molecule has 0 N–H and O–H groups in total. The number of aromatic nitrogens is 4. The van der Waals surface area contributed by atoms with E-state index in [2.05, 4.69) is 10.1 Å². The molecule has 0 saturated carbocycles. The molecular weight excluding hydrogens is 352 g/mol. The van der Waals surface area contributed by atoms with Crippen molar-refractivity contribution in [3.63, 3.8) is 0 Å². The predicted molar refractivity (Wildman–Crippen MR) is 98.8 cm³/mol. The Kier molecular flexibility index (Phi) is 3.20. The van der Waals surface area contributed by atoms with Gasteiger partial charge in [-0.15, -0.1) is 9.61 Å². The second kappa shape index (κ2) is 5.57. The lowest BCUT2D eigenvalue weighted by atomic mass is 10.2. The fraction of sp³-hybridized carbons (Fsp3) is 0. The Hall–Kier alpha value is -3.38. The third-order valence-electron chi connectivity index (χ3n) is 4.22. The van der Waals surface area contributed by atoms with Crippen LogP contribution in [-0.2, 0) is 0 Å². The molecule has 0 saturated heterocycles. The van der Waals surface area contributed by atoms with E-state index in [-0.39, 0.29) is 11.4 Å². The summed E-state index contributed by atoms with van der Waals surface area (Å²) in [6.07, 6.45) is 3.34. The zero-order chi connectivity index (χ0) is 17.7. The van der Waals surface area contributed by atoms with E-state index in [9.17, 15) is 4.79 Å². The Morgan fingerprint density at radius 3 is 2.65 bits per heavy atom. The monoisotopic (exact) mass is 362 g/mol. The van der Waals surface area contributed by atoms with E-state index in [0.717, 1.165) is 10.9 Å². The zero-order valence-electron chi connectivity index (χ0n) is 13.3. The highest BCUT2D eigenvalue weighted by Gasteiger charge is 2.15. The molecule has 0 aliphatic carbocycles. The molecule has 3 aromatic heterocycles. The fourth-order valence-electron chi connectivity index (χ4n) is 2.94. The van der Waals surface area contributed by atoms with Gasteiger partial charge in [-0.25, -0.2) is 4.98 Å². The van der Waals surface area contributed by atoms with Gasteiger partial charge in [0.05, 0.1) is 11.7 Å². The van der Waals surface area contributed by atoms with Crippen LogP contribution in [0.2, 0.25) is 5.02 Å². The largest absolute Gasteiger partial charge is 0.403 e. The van der Waals surface area contributed by atoms with Crippen molar-refractivity contribution in [2.75, 3.05) is 0 Å². The minimum absolute atomic E-state index is 0.139. The molecule has 0 aliphatic rings. The van der Waals surface area contributed by atoms with Crippen LogP contribution in [0.15, 0.2) is 76.2 Å². The van der Waals surface area contributed by atoms with E-state index in [1.54, 1.807) is 28.8 Å². The molecule has 0 bridgehead atoms. The summed E-state index contributed by atoms with van der Waals surface area (Å²) in [5, 5.41) is 5.93. The summed E-state index contributed by atoms with van der Waals surface area (Å²) in [5.41, 5.74) is 1.74. The van der Waals surface area contributed by atoms with E-state index < -0.39 is 0 Å². The smallest absolute Gasteiger partial charge is 0.328 e. The Labute approximate surface area is 151 Å². The lowest BCUT2D eigenvalue weighted by Crippen LogP contribution is -2.20. The summed E-state index contributed by atoms with van der Waals surface area (Å²) >= 11 is 5.91. The topological polar surface area (TPSA) is 65.3 Å². The minimum atomic E-state index is -0.305. The van der Waals surface area contributed by atoms with Gasteiger partial charge in [-0.3, -0.25) is 4.79 Å². The first-order valence-corrected chi connectivity index (χ1v) is 8.30. The van der Waals surface area contributed by atoms with Crippen molar-refractivity contribution in [1.29, 1.82) is 0 Å². The fourth-order valence-corrected chi connectivity index (χ4v) is 3.07. The van der Waals surface area contributed by atoms with Crippen molar-refractivity contribution in [1.82, 2.24) is 19.2 Å². The van der Waals surface area contributed by atoms with Crippen molar-refractivity contribution in [2.24, 2.45) is 0 Å². The molecule has 0 aliphatic heterocycles. The Bertz CT molecular complexity index is 1320. The third-order valence-corrected chi connectivity index (χ3v) is 4.47. The van der Waals surface area contributed by atoms with Crippen molar-refractivity contribution < 1.29 is 4.42 Å². The van der Waals surface area contributed by atoms with Gasteiger partial charge >= 0.3 is 11.4 Å². The van der Waals surface area contributed by atoms with Gasteiger partial charge in [-0.2, -0.15) is 0 Å². The summed E-state index contributed by atoms with van der Waals surface area (Å²) in [5.74, 6) is 0.445. The average molecular weight is 363 g/mol. The van der Waals surface area contributed by atoms with Gasteiger partial charge in [-0.1, -0.05) is 29.8 Å². The van der Waals surface area contributed by atoms with Crippen LogP contribution in [-0.4, -0.2) is 19.2 Å². The maximum absolute atomic E-state index is 12.9. The Morgan fingerprint density at radius 1 is 1.00 bits per heavy atom. The lowest BCUT2D eigenvalue weighted by Gasteiger charge is -2.03. The molecule has 6 nitrogen and oxygen atoms in total. The Morgan fingerprint density at radius 2 is 1.81 bits per heavy atom. The maximum atomic E-state index is 12.9. The van der Waals surface area contributed by atoms with Gasteiger partial charge in [0.25, 0.3) is 0 Å². The van der Waals surface area contributed by atoms with Crippen LogP contribution in [0.25, 0.3) is 33.9 Å². The van der Waals surface area contributed by atoms with E-state index in [1.165, 1.54) is 10.7 Å². The molecule has 0 atom stereocenters. The van der Waals surface area contributed by atoms with Crippen molar-refractivity contribution in [3.05, 3.63) is 82.4 Å². The first-order chi connectivity index (χ1) is 12.7. The van der Waals surface area contributed by atoms with Crippen LogP contribution in [0.3, 0.4) is 0 Å². The second-order valence-corrected chi connectivity index (χ2v) is 6.24. The predicted octanol–water partition coefficient (Wildman–Crippen LogP) is 3.95. The number of fused-ring (bicyclic) bond motifs is 2. The quantitative estimate of drug-likeness (QED) is 0.477. The molecule has 5 aromatic rings. The highest BCUT2D eigenvalue weighted by Crippen LogP contribution is 2.22. The molecular formula is C19H11ClN4O2. The van der Waals surface area contributed by atoms with E-state index in [1.807, 2.05) is 36.5 Å². The molecule has 0 fully saturated rings. The molecule has 0 amide bonds. The van der Waals surface area contributed by atoms with Gasteiger partial charge in [0.2, 0.25) is 5.89 Å². The van der Waals surface area contributed by atoms with Gasteiger partial charge in [0, 0.05) is 16.8 Å². The standard InChI is InChI=1S/C19H11ClN4O2/c20-14-7-5-13(6-8-14)17-22-24-18(25)16(11-21-19(24)26-17)23-10-9-12-3-1-2-4-15(12)23/h1-11H. The highest BCUT2D eigenvalue weighted by atomic mass is 35.5. The van der Waals surface area contributed by atoms with Crippen molar-refractivity contribution >= 4 is 28.3 Å². The molecule has 126 valence electrons. The molecule has 26 heavy (non-hydrogen) atoms. The number of halogens is 1. The van der Waals surface area contributed by atoms with Gasteiger partial charge in [-0.05, 0) is 41.8 Å². The molecule has 0 unspecified atom stereocenters. The molecule has 5 rings (SSSR count). The van der Waals surface area contributed by atoms with Gasteiger partial charge in [0.15, 0.2) is 0 Å². The minimum Gasteiger partial charge on any atom is -0.403 e.